The molecule has 0 aliphatic carbocycles. The van der Waals surface area contributed by atoms with E-state index in [0.29, 0.717) is 29.9 Å². The molecule has 4 unspecified atom stereocenters. The Bertz CT molecular complexity index is 992. The Balaban J connectivity index is 3.16. The van der Waals surface area contributed by atoms with E-state index in [-0.39, 0.29) is 37.5 Å². The summed E-state index contributed by atoms with van der Waals surface area (Å²) in [5.41, 5.74) is 17.3. The minimum absolute atomic E-state index is 0.00856. The summed E-state index contributed by atoms with van der Waals surface area (Å²) in [6.07, 6.45) is 4.83. The zero-order valence-electron chi connectivity index (χ0n) is 22.8. The molecule has 4 atom stereocenters. The summed E-state index contributed by atoms with van der Waals surface area (Å²) in [5, 5.41) is 27.0. The van der Waals surface area contributed by atoms with Gasteiger partial charge in [-0.25, -0.2) is 4.79 Å². The van der Waals surface area contributed by atoms with Crippen LogP contribution in [-0.2, 0) is 25.6 Å². The van der Waals surface area contributed by atoms with Gasteiger partial charge in [0.15, 0.2) is 5.96 Å². The summed E-state index contributed by atoms with van der Waals surface area (Å²) in [7, 11) is 0. The Morgan fingerprint density at radius 2 is 1.40 bits per heavy atom. The van der Waals surface area contributed by atoms with Crippen LogP contribution in [0.1, 0.15) is 31.2 Å². The molecule has 0 spiro atoms. The maximum Gasteiger partial charge on any atom is 0.326 e. The minimum atomic E-state index is -1.19. The summed E-state index contributed by atoms with van der Waals surface area (Å²) < 4.78 is 0. The molecule has 11 N–H and O–H groups in total. The Labute approximate surface area is 242 Å². The zero-order valence-corrected chi connectivity index (χ0v) is 24.4. The van der Waals surface area contributed by atoms with Gasteiger partial charge in [0.25, 0.3) is 0 Å². The first-order chi connectivity index (χ1) is 19.0. The van der Waals surface area contributed by atoms with E-state index < -0.39 is 47.9 Å². The molecule has 0 saturated carbocycles. The molecule has 0 fully saturated rings. The van der Waals surface area contributed by atoms with Gasteiger partial charge in [-0.2, -0.15) is 23.5 Å². The van der Waals surface area contributed by atoms with Crippen molar-refractivity contribution in [3.63, 3.8) is 0 Å². The van der Waals surface area contributed by atoms with E-state index >= 15 is 0 Å². The van der Waals surface area contributed by atoms with Crippen LogP contribution in [0.25, 0.3) is 0 Å². The smallest absolute Gasteiger partial charge is 0.326 e. The first-order valence-corrected chi connectivity index (χ1v) is 15.5. The zero-order chi connectivity index (χ0) is 30.1. The second kappa shape index (κ2) is 19.0. The summed E-state index contributed by atoms with van der Waals surface area (Å²) in [5.74, 6) is -1.97. The van der Waals surface area contributed by atoms with Gasteiger partial charge >= 0.3 is 5.97 Å². The number of thioether (sulfide) groups is 2. The number of aromatic hydroxyl groups is 1. The number of guanidine groups is 1. The van der Waals surface area contributed by atoms with Gasteiger partial charge in [-0.15, -0.1) is 0 Å². The van der Waals surface area contributed by atoms with Crippen LogP contribution in [0.4, 0.5) is 0 Å². The third-order valence-electron chi connectivity index (χ3n) is 5.78. The highest BCUT2D eigenvalue weighted by Crippen LogP contribution is 2.13. The number of carboxylic acid groups (broad SMARTS) is 1. The van der Waals surface area contributed by atoms with Crippen LogP contribution < -0.4 is 33.2 Å². The summed E-state index contributed by atoms with van der Waals surface area (Å²) in [4.78, 5) is 54.9. The molecule has 40 heavy (non-hydrogen) atoms. The van der Waals surface area contributed by atoms with Gasteiger partial charge < -0.3 is 43.4 Å². The molecule has 224 valence electrons. The van der Waals surface area contributed by atoms with Crippen LogP contribution in [-0.4, -0.2) is 94.6 Å². The quantitative estimate of drug-likeness (QED) is 0.0565. The van der Waals surface area contributed by atoms with E-state index in [9.17, 15) is 29.4 Å². The molecule has 15 heteroatoms. The lowest BCUT2D eigenvalue weighted by molar-refractivity contribution is -0.142. The second-order valence-corrected chi connectivity index (χ2v) is 11.0. The molecule has 0 heterocycles. The fourth-order valence-electron chi connectivity index (χ4n) is 3.54. The molecule has 0 aliphatic heterocycles. The second-order valence-electron chi connectivity index (χ2n) is 9.01. The number of benzene rings is 1. The molecule has 3 amide bonds. The van der Waals surface area contributed by atoms with Crippen molar-refractivity contribution in [1.29, 1.82) is 0 Å². The van der Waals surface area contributed by atoms with Crippen LogP contribution in [0.5, 0.6) is 5.75 Å². The highest BCUT2D eigenvalue weighted by molar-refractivity contribution is 7.98. The molecule has 0 radical (unpaired) electrons. The lowest BCUT2D eigenvalue weighted by Crippen LogP contribution is -2.57. The number of rotatable bonds is 19. The average molecular weight is 600 g/mol. The van der Waals surface area contributed by atoms with Crippen molar-refractivity contribution in [1.82, 2.24) is 16.0 Å². The van der Waals surface area contributed by atoms with E-state index in [1.807, 2.05) is 12.5 Å². The number of nitrogens with two attached hydrogens (primary N) is 3. The van der Waals surface area contributed by atoms with Gasteiger partial charge in [-0.3, -0.25) is 19.4 Å². The monoisotopic (exact) mass is 599 g/mol. The Hall–Kier alpha value is -3.17. The van der Waals surface area contributed by atoms with Gasteiger partial charge in [0.2, 0.25) is 17.7 Å². The van der Waals surface area contributed by atoms with E-state index in [0.717, 1.165) is 0 Å². The fraction of sp³-hybridized carbons (Fsp3) is 0.560. The molecule has 1 aromatic carbocycles. The fourth-order valence-corrected chi connectivity index (χ4v) is 4.50. The van der Waals surface area contributed by atoms with Gasteiger partial charge in [0, 0.05) is 13.0 Å². The summed E-state index contributed by atoms with van der Waals surface area (Å²) >= 11 is 2.98. The molecular formula is C25H41N7O6S2. The van der Waals surface area contributed by atoms with Crippen LogP contribution in [0, 0.1) is 0 Å². The summed E-state index contributed by atoms with van der Waals surface area (Å²) in [6.45, 7) is 0.216. The van der Waals surface area contributed by atoms with Crippen molar-refractivity contribution in [2.45, 2.75) is 56.3 Å². The Kier molecular flexibility index (Phi) is 16.6. The molecule has 0 saturated heterocycles. The largest absolute Gasteiger partial charge is 0.508 e. The molecule has 0 bridgehead atoms. The average Bonchev–Trinajstić information content (AvgIpc) is 2.91. The van der Waals surface area contributed by atoms with Crippen molar-refractivity contribution < 1.29 is 29.4 Å². The minimum Gasteiger partial charge on any atom is -0.508 e. The van der Waals surface area contributed by atoms with Gasteiger partial charge in [0.05, 0.1) is 6.04 Å². The van der Waals surface area contributed by atoms with Crippen LogP contribution in [0.2, 0.25) is 0 Å². The SMILES string of the molecule is CSCCC(N)C(=O)NC(CCCN=C(N)N)C(=O)NC(Cc1ccc(O)cc1)C(=O)NC(CCSC)C(=O)O. The van der Waals surface area contributed by atoms with Gasteiger partial charge in [-0.1, -0.05) is 12.1 Å². The predicted molar refractivity (Wildman–Crippen MR) is 159 cm³/mol. The van der Waals surface area contributed by atoms with Crippen LogP contribution in [0.15, 0.2) is 29.3 Å². The van der Waals surface area contributed by atoms with E-state index in [4.69, 9.17) is 17.2 Å². The lowest BCUT2D eigenvalue weighted by atomic mass is 10.0. The number of hydrogen-bond acceptors (Lipinski definition) is 9. The molecular weight excluding hydrogens is 558 g/mol. The molecule has 0 aromatic heterocycles. The van der Waals surface area contributed by atoms with Crippen molar-refractivity contribution in [2.24, 2.45) is 22.2 Å². The number of carbonyl (C=O) groups is 4. The number of nitrogens with one attached hydrogen (secondary N) is 3. The first-order valence-electron chi connectivity index (χ1n) is 12.7. The lowest BCUT2D eigenvalue weighted by Gasteiger charge is -2.25. The highest BCUT2D eigenvalue weighted by Gasteiger charge is 2.30. The number of nitrogens with zero attached hydrogens (tertiary/aromatic N) is 1. The number of phenols is 1. The van der Waals surface area contributed by atoms with E-state index in [2.05, 4.69) is 20.9 Å². The number of carboxylic acids is 1. The standard InChI is InChI=1S/C25H41N7O6S2/c1-39-12-9-17(26)21(34)30-18(4-3-11-29-25(27)28)22(35)32-20(14-15-5-7-16(33)8-6-15)23(36)31-19(24(37)38)10-13-40-2/h5-8,17-20,33H,3-4,9-14,26H2,1-2H3,(H,30,34)(H,31,36)(H,32,35)(H,37,38)(H4,27,28,29). The molecule has 0 aliphatic rings. The van der Waals surface area contributed by atoms with Crippen LogP contribution >= 0.6 is 23.5 Å². The number of carbonyl (C=O) groups excluding carboxylic acids is 3. The van der Waals surface area contributed by atoms with Crippen molar-refractivity contribution in [3.05, 3.63) is 29.8 Å². The number of aliphatic imine (C=N–C) groups is 1. The molecule has 13 nitrogen and oxygen atoms in total. The predicted octanol–water partition coefficient (Wildman–Crippen LogP) is -0.639. The van der Waals surface area contributed by atoms with Crippen molar-refractivity contribution in [2.75, 3.05) is 30.6 Å². The maximum atomic E-state index is 13.4. The van der Waals surface area contributed by atoms with Crippen molar-refractivity contribution >= 4 is 53.2 Å². The van der Waals surface area contributed by atoms with E-state index in [1.54, 1.807) is 12.1 Å². The van der Waals surface area contributed by atoms with Crippen LogP contribution in [0.3, 0.4) is 0 Å². The third-order valence-corrected chi connectivity index (χ3v) is 7.07. The molecule has 1 rings (SSSR count). The normalized spacial score (nSPS) is 13.8. The number of aliphatic carboxylic acids is 1. The topological polar surface area (TPSA) is 235 Å². The highest BCUT2D eigenvalue weighted by atomic mass is 32.2. The Morgan fingerprint density at radius 1 is 0.850 bits per heavy atom. The van der Waals surface area contributed by atoms with Gasteiger partial charge in [-0.05, 0) is 67.4 Å². The Morgan fingerprint density at radius 3 is 1.98 bits per heavy atom. The van der Waals surface area contributed by atoms with Gasteiger partial charge in [0.1, 0.15) is 23.9 Å². The maximum absolute atomic E-state index is 13.4. The van der Waals surface area contributed by atoms with Crippen molar-refractivity contribution in [3.8, 4) is 5.75 Å². The number of amides is 3. The number of phenolic OH excluding ortho intramolecular Hbond substituents is 1. The molecule has 1 aromatic rings. The van der Waals surface area contributed by atoms with E-state index in [1.165, 1.54) is 35.7 Å². The third kappa shape index (κ3) is 13.8. The first kappa shape index (κ1) is 34.9. The summed E-state index contributed by atoms with van der Waals surface area (Å²) in [6, 6.07) is 1.85. The number of hydrogen-bond donors (Lipinski definition) is 8.